The van der Waals surface area contributed by atoms with Crippen LogP contribution in [0.5, 0.6) is 0 Å². The Morgan fingerprint density at radius 2 is 1.93 bits per heavy atom. The van der Waals surface area contributed by atoms with Gasteiger partial charge in [-0.25, -0.2) is 9.78 Å². The lowest BCUT2D eigenvalue weighted by atomic mass is 10.1. The highest BCUT2D eigenvalue weighted by Crippen LogP contribution is 2.22. The quantitative estimate of drug-likeness (QED) is 0.748. The van der Waals surface area contributed by atoms with Crippen molar-refractivity contribution in [3.63, 3.8) is 0 Å². The minimum atomic E-state index is -0.594. The van der Waals surface area contributed by atoms with Gasteiger partial charge < -0.3 is 5.32 Å². The molecule has 3 aromatic rings. The molecule has 0 bridgehead atoms. The van der Waals surface area contributed by atoms with Crippen molar-refractivity contribution < 1.29 is 4.79 Å². The second-order valence-electron chi connectivity index (χ2n) is 6.47. The fourth-order valence-corrected chi connectivity index (χ4v) is 3.21. The summed E-state index contributed by atoms with van der Waals surface area (Å²) in [6.07, 6.45) is 0. The Morgan fingerprint density at radius 1 is 1.22 bits per heavy atom. The van der Waals surface area contributed by atoms with Crippen LogP contribution in [0.25, 0.3) is 11.0 Å². The average molecular weight is 387 g/mol. The van der Waals surface area contributed by atoms with Crippen molar-refractivity contribution in [2.24, 2.45) is 7.05 Å². The standard InChI is InChI=1S/C19H19ClN4O3/c1-10-8-11(2)21-17-16(10)18(26)24(19(27)23(17)4)9-15(25)22-14-7-5-6-13(20)12(14)3/h5-8H,9H2,1-4H3,(H,22,25). The zero-order valence-electron chi connectivity index (χ0n) is 15.5. The van der Waals surface area contributed by atoms with E-state index in [-0.39, 0.29) is 0 Å². The molecular weight excluding hydrogens is 368 g/mol. The largest absolute Gasteiger partial charge is 0.332 e. The fraction of sp³-hybridized carbons (Fsp3) is 0.263. The number of anilines is 1. The second-order valence-corrected chi connectivity index (χ2v) is 6.88. The van der Waals surface area contributed by atoms with Gasteiger partial charge in [-0.1, -0.05) is 17.7 Å². The van der Waals surface area contributed by atoms with Crippen molar-refractivity contribution in [1.82, 2.24) is 14.1 Å². The Labute approximate surface area is 160 Å². The Balaban J connectivity index is 2.05. The number of amides is 1. The van der Waals surface area contributed by atoms with Crippen LogP contribution >= 0.6 is 11.6 Å². The van der Waals surface area contributed by atoms with Crippen molar-refractivity contribution in [3.8, 4) is 0 Å². The van der Waals surface area contributed by atoms with Crippen molar-refractivity contribution in [1.29, 1.82) is 0 Å². The summed E-state index contributed by atoms with van der Waals surface area (Å²) >= 11 is 6.06. The number of carbonyl (C=O) groups is 1. The summed E-state index contributed by atoms with van der Waals surface area (Å²) in [5, 5.41) is 3.54. The number of pyridine rings is 1. The molecule has 1 N–H and O–H groups in total. The van der Waals surface area contributed by atoms with Crippen LogP contribution in [0, 0.1) is 20.8 Å². The molecule has 0 aliphatic carbocycles. The van der Waals surface area contributed by atoms with E-state index >= 15 is 0 Å². The SMILES string of the molecule is Cc1cc(C)c2c(=O)n(CC(=O)Nc3cccc(Cl)c3C)c(=O)n(C)c2n1. The van der Waals surface area contributed by atoms with Gasteiger partial charge in [0, 0.05) is 23.5 Å². The van der Waals surface area contributed by atoms with E-state index in [1.54, 1.807) is 45.0 Å². The zero-order valence-corrected chi connectivity index (χ0v) is 16.2. The van der Waals surface area contributed by atoms with E-state index in [9.17, 15) is 14.4 Å². The van der Waals surface area contributed by atoms with Gasteiger partial charge in [-0.2, -0.15) is 0 Å². The molecule has 140 valence electrons. The molecule has 7 nitrogen and oxygen atoms in total. The molecule has 0 spiro atoms. The molecule has 0 saturated heterocycles. The van der Waals surface area contributed by atoms with Crippen LogP contribution in [0.15, 0.2) is 33.9 Å². The van der Waals surface area contributed by atoms with Gasteiger partial charge in [0.1, 0.15) is 12.2 Å². The Bertz CT molecular complexity index is 1190. The molecule has 2 aromatic heterocycles. The summed E-state index contributed by atoms with van der Waals surface area (Å²) < 4.78 is 2.20. The summed E-state index contributed by atoms with van der Waals surface area (Å²) in [6.45, 7) is 4.95. The number of hydrogen-bond donors (Lipinski definition) is 1. The third-order valence-corrected chi connectivity index (χ3v) is 4.87. The monoisotopic (exact) mass is 386 g/mol. The number of aromatic nitrogens is 3. The molecule has 8 heteroatoms. The molecule has 0 radical (unpaired) electrons. The maximum absolute atomic E-state index is 12.9. The van der Waals surface area contributed by atoms with Gasteiger partial charge in [-0.05, 0) is 50.1 Å². The molecule has 0 unspecified atom stereocenters. The minimum absolute atomic E-state index is 0.310. The highest BCUT2D eigenvalue weighted by molar-refractivity contribution is 6.31. The lowest BCUT2D eigenvalue weighted by Gasteiger charge is -2.13. The first-order valence-corrected chi connectivity index (χ1v) is 8.71. The molecule has 0 aliphatic rings. The molecular formula is C19H19ClN4O3. The van der Waals surface area contributed by atoms with Gasteiger partial charge >= 0.3 is 5.69 Å². The number of nitrogens with one attached hydrogen (secondary N) is 1. The van der Waals surface area contributed by atoms with E-state index in [2.05, 4.69) is 10.3 Å². The molecule has 0 saturated carbocycles. The van der Waals surface area contributed by atoms with Crippen LogP contribution in [-0.2, 0) is 18.4 Å². The van der Waals surface area contributed by atoms with Crippen molar-refractivity contribution >= 4 is 34.2 Å². The number of rotatable bonds is 3. The molecule has 3 rings (SSSR count). The maximum Gasteiger partial charge on any atom is 0.332 e. The number of benzene rings is 1. The maximum atomic E-state index is 12.9. The lowest BCUT2D eigenvalue weighted by Crippen LogP contribution is -2.42. The first kappa shape index (κ1) is 18.8. The molecule has 0 aliphatic heterocycles. The highest BCUT2D eigenvalue weighted by Gasteiger charge is 2.17. The predicted octanol–water partition coefficient (Wildman–Crippen LogP) is 2.31. The van der Waals surface area contributed by atoms with Gasteiger partial charge in [0.05, 0.1) is 5.39 Å². The average Bonchev–Trinajstić information content (AvgIpc) is 2.60. The zero-order chi connectivity index (χ0) is 19.9. The molecule has 1 amide bonds. The minimum Gasteiger partial charge on any atom is -0.324 e. The summed E-state index contributed by atoms with van der Waals surface area (Å²) in [4.78, 5) is 42.2. The normalized spacial score (nSPS) is 11.0. The van der Waals surface area contributed by atoms with Crippen LogP contribution in [0.3, 0.4) is 0 Å². The molecule has 27 heavy (non-hydrogen) atoms. The van der Waals surface area contributed by atoms with Crippen molar-refractivity contribution in [3.05, 3.63) is 66.9 Å². The van der Waals surface area contributed by atoms with Gasteiger partial charge in [0.25, 0.3) is 5.56 Å². The van der Waals surface area contributed by atoms with Crippen LogP contribution < -0.4 is 16.6 Å². The molecule has 0 fully saturated rings. The third-order valence-electron chi connectivity index (χ3n) is 4.46. The molecule has 1 aromatic carbocycles. The summed E-state index contributed by atoms with van der Waals surface area (Å²) in [5.74, 6) is -0.489. The lowest BCUT2D eigenvalue weighted by molar-refractivity contribution is -0.116. The van der Waals surface area contributed by atoms with Crippen molar-refractivity contribution in [2.45, 2.75) is 27.3 Å². The smallest absolute Gasteiger partial charge is 0.324 e. The van der Waals surface area contributed by atoms with Gasteiger partial charge in [0.15, 0.2) is 0 Å². The fourth-order valence-electron chi connectivity index (χ4n) is 3.03. The topological polar surface area (TPSA) is 86.0 Å². The number of aryl methyl sites for hydroxylation is 3. The number of carbonyl (C=O) groups excluding carboxylic acids is 1. The van der Waals surface area contributed by atoms with Crippen LogP contribution in [0.4, 0.5) is 5.69 Å². The summed E-state index contributed by atoms with van der Waals surface area (Å²) in [7, 11) is 1.53. The number of halogens is 1. The first-order valence-electron chi connectivity index (χ1n) is 8.33. The number of fused-ring (bicyclic) bond motifs is 1. The first-order chi connectivity index (χ1) is 12.7. The Hall–Kier alpha value is -2.93. The van der Waals surface area contributed by atoms with E-state index in [1.807, 2.05) is 0 Å². The number of hydrogen-bond acceptors (Lipinski definition) is 4. The highest BCUT2D eigenvalue weighted by atomic mass is 35.5. The molecule has 0 atom stereocenters. The third kappa shape index (κ3) is 3.38. The van der Waals surface area contributed by atoms with Crippen LogP contribution in [-0.4, -0.2) is 20.0 Å². The van der Waals surface area contributed by atoms with E-state index in [0.29, 0.717) is 38.6 Å². The number of nitrogens with zero attached hydrogens (tertiary/aromatic N) is 3. The summed E-state index contributed by atoms with van der Waals surface area (Å²) in [5.41, 5.74) is 1.84. The van der Waals surface area contributed by atoms with E-state index in [0.717, 1.165) is 4.57 Å². The van der Waals surface area contributed by atoms with E-state index < -0.39 is 23.7 Å². The van der Waals surface area contributed by atoms with E-state index in [4.69, 9.17) is 11.6 Å². The van der Waals surface area contributed by atoms with E-state index in [1.165, 1.54) is 11.6 Å². The Morgan fingerprint density at radius 3 is 2.63 bits per heavy atom. The van der Waals surface area contributed by atoms with Gasteiger partial charge in [0.2, 0.25) is 5.91 Å². The van der Waals surface area contributed by atoms with Gasteiger partial charge in [-0.15, -0.1) is 0 Å². The van der Waals surface area contributed by atoms with Crippen molar-refractivity contribution in [2.75, 3.05) is 5.32 Å². The molecule has 2 heterocycles. The van der Waals surface area contributed by atoms with Gasteiger partial charge in [-0.3, -0.25) is 18.7 Å². The predicted molar refractivity (Wildman–Crippen MR) is 106 cm³/mol. The second kappa shape index (κ2) is 7.00. The Kier molecular flexibility index (Phi) is 4.89. The van der Waals surface area contributed by atoms with Crippen LogP contribution in [0.1, 0.15) is 16.8 Å². The van der Waals surface area contributed by atoms with Crippen LogP contribution in [0.2, 0.25) is 5.02 Å². The summed E-state index contributed by atoms with van der Waals surface area (Å²) in [6, 6.07) is 6.91.